The number of aromatic amines is 1. The molecule has 0 amide bonds. The number of aryl methyl sites for hydroxylation is 3. The lowest BCUT2D eigenvalue weighted by molar-refractivity contribution is 0.0845. The molecule has 0 spiro atoms. The monoisotopic (exact) mass is 369 g/mol. The molecule has 4 heterocycles. The molecule has 8 heteroatoms. The fourth-order valence-electron chi connectivity index (χ4n) is 4.28. The average Bonchev–Trinajstić information content (AvgIpc) is 3.20. The number of fused-ring (bicyclic) bond motifs is 1. The van der Waals surface area contributed by atoms with Crippen molar-refractivity contribution in [1.82, 2.24) is 24.6 Å². The van der Waals surface area contributed by atoms with Crippen molar-refractivity contribution in [2.75, 3.05) is 19.8 Å². The van der Waals surface area contributed by atoms with Crippen LogP contribution in [0.4, 0.5) is 0 Å². The van der Waals surface area contributed by atoms with Crippen molar-refractivity contribution in [3.63, 3.8) is 0 Å². The van der Waals surface area contributed by atoms with E-state index in [0.717, 1.165) is 80.6 Å². The van der Waals surface area contributed by atoms with Gasteiger partial charge < -0.3 is 14.6 Å². The second-order valence-corrected chi connectivity index (χ2v) is 7.36. The van der Waals surface area contributed by atoms with E-state index in [1.54, 1.807) is 0 Å². The van der Waals surface area contributed by atoms with Gasteiger partial charge in [-0.2, -0.15) is 5.10 Å². The highest BCUT2D eigenvalue weighted by atomic mass is 16.5. The van der Waals surface area contributed by atoms with Gasteiger partial charge >= 0.3 is 0 Å². The minimum Gasteiger partial charge on any atom is -0.381 e. The largest absolute Gasteiger partial charge is 0.381 e. The number of hydrogen-bond acceptors (Lipinski definition) is 4. The predicted molar refractivity (Wildman–Crippen MR) is 103 cm³/mol. The van der Waals surface area contributed by atoms with Crippen molar-refractivity contribution in [3.8, 4) is 0 Å². The Balaban J connectivity index is 1.69. The van der Waals surface area contributed by atoms with Crippen molar-refractivity contribution < 1.29 is 4.74 Å². The number of nitrogens with zero attached hydrogens (tertiary/aromatic N) is 5. The number of nitrogens with one attached hydrogen (secondary N) is 2. The summed E-state index contributed by atoms with van der Waals surface area (Å²) in [6.07, 6.45) is 4.01. The second kappa shape index (κ2) is 7.26. The Morgan fingerprint density at radius 2 is 2.11 bits per heavy atom. The Morgan fingerprint density at radius 3 is 2.85 bits per heavy atom. The molecular formula is C19H27N7O. The Bertz CT molecular complexity index is 873. The van der Waals surface area contributed by atoms with Crippen LogP contribution in [0.15, 0.2) is 4.99 Å². The Hall–Kier alpha value is -2.48. The summed E-state index contributed by atoms with van der Waals surface area (Å²) < 4.78 is 7.51. The lowest BCUT2D eigenvalue weighted by atomic mass is 9.94. The number of amidine groups is 1. The van der Waals surface area contributed by atoms with E-state index < -0.39 is 0 Å². The van der Waals surface area contributed by atoms with Crippen LogP contribution in [-0.4, -0.2) is 56.6 Å². The van der Waals surface area contributed by atoms with Crippen molar-refractivity contribution in [2.24, 2.45) is 12.0 Å². The van der Waals surface area contributed by atoms with Gasteiger partial charge in [0.1, 0.15) is 17.9 Å². The van der Waals surface area contributed by atoms with E-state index in [-0.39, 0.29) is 0 Å². The van der Waals surface area contributed by atoms with Crippen LogP contribution in [0.3, 0.4) is 0 Å². The quantitative estimate of drug-likeness (QED) is 0.639. The standard InChI is InChI=1S/C19H27N7O/c1-12-15-10-26(7-4-16(15)25(3)24-12)19(21-11-20)18-17(22-13(2)23-18)14-5-8-27-9-6-14/h11,14,20H,4-10H2,1-3H3,(H,22,23). The fraction of sp³-hybridized carbons (Fsp3) is 0.579. The zero-order valence-corrected chi connectivity index (χ0v) is 16.2. The summed E-state index contributed by atoms with van der Waals surface area (Å²) >= 11 is 0. The normalized spacial score (nSPS) is 18.6. The first-order valence-electron chi connectivity index (χ1n) is 9.56. The molecule has 8 nitrogen and oxygen atoms in total. The van der Waals surface area contributed by atoms with Crippen LogP contribution in [0.25, 0.3) is 0 Å². The Morgan fingerprint density at radius 1 is 1.33 bits per heavy atom. The van der Waals surface area contributed by atoms with Crippen LogP contribution in [-0.2, 0) is 24.8 Å². The molecule has 0 bridgehead atoms. The number of H-pyrrole nitrogens is 1. The molecule has 0 radical (unpaired) electrons. The summed E-state index contributed by atoms with van der Waals surface area (Å²) in [4.78, 5) is 14.9. The molecule has 0 aromatic carbocycles. The Kier molecular flexibility index (Phi) is 4.82. The molecule has 1 fully saturated rings. The maximum atomic E-state index is 7.60. The third-order valence-electron chi connectivity index (χ3n) is 5.62. The van der Waals surface area contributed by atoms with Crippen LogP contribution in [0.5, 0.6) is 0 Å². The Labute approximate surface area is 159 Å². The summed E-state index contributed by atoms with van der Waals surface area (Å²) in [5.74, 6) is 2.07. The van der Waals surface area contributed by atoms with E-state index in [2.05, 4.69) is 26.9 Å². The van der Waals surface area contributed by atoms with Gasteiger partial charge in [0, 0.05) is 62.6 Å². The number of hydrogen-bond donors (Lipinski definition) is 2. The summed E-state index contributed by atoms with van der Waals surface area (Å²) in [6.45, 7) is 7.19. The second-order valence-electron chi connectivity index (χ2n) is 7.36. The van der Waals surface area contributed by atoms with Gasteiger partial charge in [0.15, 0.2) is 5.84 Å². The van der Waals surface area contributed by atoms with E-state index in [4.69, 9.17) is 15.1 Å². The maximum absolute atomic E-state index is 7.60. The summed E-state index contributed by atoms with van der Waals surface area (Å²) in [5.41, 5.74) is 5.63. The first-order valence-corrected chi connectivity index (χ1v) is 9.56. The first kappa shape index (κ1) is 17.9. The van der Waals surface area contributed by atoms with Crippen LogP contribution >= 0.6 is 0 Å². The van der Waals surface area contributed by atoms with Crippen molar-refractivity contribution >= 4 is 12.2 Å². The van der Waals surface area contributed by atoms with Gasteiger partial charge in [-0.05, 0) is 26.7 Å². The SMILES string of the molecule is Cc1nc(C(=NC=N)N2CCc3c(c(C)nn3C)C2)c(C2CCOCC2)[nH]1. The molecule has 144 valence electrons. The highest BCUT2D eigenvalue weighted by Crippen LogP contribution is 2.30. The highest BCUT2D eigenvalue weighted by molar-refractivity contribution is 6.01. The van der Waals surface area contributed by atoms with Gasteiger partial charge in [0.25, 0.3) is 0 Å². The molecule has 2 aliphatic rings. The highest BCUT2D eigenvalue weighted by Gasteiger charge is 2.30. The summed E-state index contributed by atoms with van der Waals surface area (Å²) in [5, 5.41) is 12.2. The zero-order valence-electron chi connectivity index (χ0n) is 16.2. The topological polar surface area (TPSA) is 95.2 Å². The summed E-state index contributed by atoms with van der Waals surface area (Å²) in [6, 6.07) is 0. The lowest BCUT2D eigenvalue weighted by Crippen LogP contribution is -2.38. The van der Waals surface area contributed by atoms with E-state index in [1.807, 2.05) is 18.7 Å². The molecule has 2 aliphatic heterocycles. The molecule has 2 N–H and O–H groups in total. The maximum Gasteiger partial charge on any atom is 0.158 e. The van der Waals surface area contributed by atoms with E-state index in [0.29, 0.717) is 5.92 Å². The van der Waals surface area contributed by atoms with E-state index >= 15 is 0 Å². The van der Waals surface area contributed by atoms with Gasteiger partial charge in [-0.15, -0.1) is 0 Å². The lowest BCUT2D eigenvalue weighted by Gasteiger charge is -2.30. The molecule has 2 aromatic heterocycles. The molecule has 1 saturated heterocycles. The number of aromatic nitrogens is 4. The number of ether oxygens (including phenoxy) is 1. The van der Waals surface area contributed by atoms with Crippen LogP contribution in [0.1, 0.15) is 52.9 Å². The van der Waals surface area contributed by atoms with Gasteiger partial charge in [-0.25, -0.2) is 9.98 Å². The fourth-order valence-corrected chi connectivity index (χ4v) is 4.28. The first-order chi connectivity index (χ1) is 13.1. The zero-order chi connectivity index (χ0) is 19.0. The minimum absolute atomic E-state index is 0.395. The van der Waals surface area contributed by atoms with Gasteiger partial charge in [0.05, 0.1) is 5.69 Å². The van der Waals surface area contributed by atoms with Crippen molar-refractivity contribution in [3.05, 3.63) is 34.2 Å². The molecule has 27 heavy (non-hydrogen) atoms. The number of aliphatic imine (C=N–C) groups is 1. The van der Waals surface area contributed by atoms with E-state index in [1.165, 1.54) is 11.3 Å². The average molecular weight is 369 g/mol. The molecule has 0 aliphatic carbocycles. The number of imidazole rings is 1. The minimum atomic E-state index is 0.395. The van der Waals surface area contributed by atoms with Gasteiger partial charge in [-0.1, -0.05) is 0 Å². The third-order valence-corrected chi connectivity index (χ3v) is 5.62. The van der Waals surface area contributed by atoms with E-state index in [9.17, 15) is 0 Å². The number of rotatable bonds is 3. The molecule has 0 atom stereocenters. The van der Waals surface area contributed by atoms with Crippen molar-refractivity contribution in [1.29, 1.82) is 5.41 Å². The van der Waals surface area contributed by atoms with Crippen LogP contribution < -0.4 is 0 Å². The molecular weight excluding hydrogens is 342 g/mol. The molecule has 0 unspecified atom stereocenters. The summed E-state index contributed by atoms with van der Waals surface area (Å²) in [7, 11) is 2.01. The van der Waals surface area contributed by atoms with Gasteiger partial charge in [0.2, 0.25) is 0 Å². The van der Waals surface area contributed by atoms with Crippen LogP contribution in [0, 0.1) is 19.3 Å². The molecule has 0 saturated carbocycles. The van der Waals surface area contributed by atoms with Gasteiger partial charge in [-0.3, -0.25) is 10.1 Å². The van der Waals surface area contributed by atoms with Crippen LogP contribution in [0.2, 0.25) is 0 Å². The third kappa shape index (κ3) is 3.29. The smallest absolute Gasteiger partial charge is 0.158 e. The predicted octanol–water partition coefficient (Wildman–Crippen LogP) is 2.07. The molecule has 2 aromatic rings. The molecule has 4 rings (SSSR count). The van der Waals surface area contributed by atoms with Crippen molar-refractivity contribution in [2.45, 2.75) is 45.6 Å².